The fraction of sp³-hybridized carbons (Fsp3) is 1.00. The molecule has 0 aromatic rings. The van der Waals surface area contributed by atoms with Crippen LogP contribution in [0.2, 0.25) is 12.6 Å². The molecule has 0 spiro atoms. The van der Waals surface area contributed by atoms with Gasteiger partial charge < -0.3 is 8.85 Å². The quantitative estimate of drug-likeness (QED) is 0.640. The Kier molecular flexibility index (Phi) is 5.18. The highest BCUT2D eigenvalue weighted by atomic mass is 28.4. The van der Waals surface area contributed by atoms with Crippen LogP contribution < -0.4 is 0 Å². The molecule has 0 aromatic carbocycles. The van der Waals surface area contributed by atoms with Crippen LogP contribution in [0.15, 0.2) is 0 Å². The maximum Gasteiger partial charge on any atom is 0.335 e. The lowest BCUT2D eigenvalue weighted by Crippen LogP contribution is -2.44. The Labute approximate surface area is 83.9 Å². The highest BCUT2D eigenvalue weighted by Gasteiger charge is 2.34. The summed E-state index contributed by atoms with van der Waals surface area (Å²) in [5.41, 5.74) is -0.0781. The molecular formula is C10H24O2Si. The molecule has 0 N–H and O–H groups in total. The van der Waals surface area contributed by atoms with Gasteiger partial charge in [-0.15, -0.1) is 0 Å². The predicted octanol–water partition coefficient (Wildman–Crippen LogP) is 3.32. The molecule has 80 valence electrons. The number of hydrogen-bond acceptors (Lipinski definition) is 2. The largest absolute Gasteiger partial charge is 0.395 e. The Morgan fingerprint density at radius 2 is 1.69 bits per heavy atom. The molecule has 0 rings (SSSR count). The van der Waals surface area contributed by atoms with Crippen LogP contribution in [-0.2, 0) is 8.85 Å². The summed E-state index contributed by atoms with van der Waals surface area (Å²) in [5.74, 6) is 0. The molecule has 0 aliphatic rings. The molecular weight excluding hydrogens is 180 g/mol. The van der Waals surface area contributed by atoms with Crippen molar-refractivity contribution in [3.8, 4) is 0 Å². The van der Waals surface area contributed by atoms with E-state index >= 15 is 0 Å². The van der Waals surface area contributed by atoms with Crippen LogP contribution in [0.3, 0.4) is 0 Å². The molecule has 1 atom stereocenters. The third-order valence-corrected chi connectivity index (χ3v) is 5.03. The van der Waals surface area contributed by atoms with Gasteiger partial charge in [-0.05, 0) is 40.3 Å². The van der Waals surface area contributed by atoms with Gasteiger partial charge in [-0.1, -0.05) is 13.3 Å². The maximum absolute atomic E-state index is 6.02. The van der Waals surface area contributed by atoms with Crippen LogP contribution in [0.25, 0.3) is 0 Å². The van der Waals surface area contributed by atoms with Crippen LogP contribution in [0.4, 0.5) is 0 Å². The lowest BCUT2D eigenvalue weighted by atomic mass is 10.2. The SMILES string of the molecule is CCC[Si](C)(OCC)OC(C)(C)C. The second-order valence-electron chi connectivity index (χ2n) is 4.53. The van der Waals surface area contributed by atoms with Crippen molar-refractivity contribution in [1.82, 2.24) is 0 Å². The first-order valence-corrected chi connectivity index (χ1v) is 7.69. The molecule has 0 amide bonds. The van der Waals surface area contributed by atoms with E-state index in [-0.39, 0.29) is 5.60 Å². The minimum Gasteiger partial charge on any atom is -0.395 e. The Hall–Kier alpha value is 0.137. The van der Waals surface area contributed by atoms with Crippen molar-refractivity contribution >= 4 is 8.56 Å². The maximum atomic E-state index is 6.02. The average Bonchev–Trinajstić information content (AvgIpc) is 1.82. The second-order valence-corrected chi connectivity index (χ2v) is 7.79. The van der Waals surface area contributed by atoms with E-state index in [2.05, 4.69) is 34.2 Å². The second kappa shape index (κ2) is 5.13. The van der Waals surface area contributed by atoms with E-state index in [0.29, 0.717) is 0 Å². The third kappa shape index (κ3) is 6.24. The third-order valence-electron chi connectivity index (χ3n) is 1.68. The first-order chi connectivity index (χ1) is 5.83. The van der Waals surface area contributed by atoms with E-state index < -0.39 is 8.56 Å². The Balaban J connectivity index is 4.22. The van der Waals surface area contributed by atoms with Gasteiger partial charge in [-0.2, -0.15) is 0 Å². The average molecular weight is 204 g/mol. The van der Waals surface area contributed by atoms with Crippen molar-refractivity contribution in [3.63, 3.8) is 0 Å². The molecule has 0 saturated carbocycles. The molecule has 0 saturated heterocycles. The summed E-state index contributed by atoms with van der Waals surface area (Å²) in [6.07, 6.45) is 1.14. The fourth-order valence-electron chi connectivity index (χ4n) is 1.56. The summed E-state index contributed by atoms with van der Waals surface area (Å²) < 4.78 is 11.8. The van der Waals surface area contributed by atoms with Crippen molar-refractivity contribution in [3.05, 3.63) is 0 Å². The first kappa shape index (κ1) is 13.1. The zero-order chi connectivity index (χ0) is 10.5. The Morgan fingerprint density at radius 1 is 1.15 bits per heavy atom. The summed E-state index contributed by atoms with van der Waals surface area (Å²) >= 11 is 0. The van der Waals surface area contributed by atoms with Gasteiger partial charge in [0.25, 0.3) is 0 Å². The number of hydrogen-bond donors (Lipinski definition) is 0. The van der Waals surface area contributed by atoms with Crippen molar-refractivity contribution in [2.24, 2.45) is 0 Å². The van der Waals surface area contributed by atoms with E-state index in [9.17, 15) is 0 Å². The smallest absolute Gasteiger partial charge is 0.335 e. The standard InChI is InChI=1S/C10H24O2Si/c1-7-9-13(6,11-8-2)12-10(3,4)5/h7-9H2,1-6H3. The van der Waals surface area contributed by atoms with Crippen LogP contribution in [0.1, 0.15) is 41.0 Å². The summed E-state index contributed by atoms with van der Waals surface area (Å²) in [7, 11) is -1.88. The van der Waals surface area contributed by atoms with Gasteiger partial charge in [0.2, 0.25) is 0 Å². The predicted molar refractivity (Wildman–Crippen MR) is 59.2 cm³/mol. The van der Waals surface area contributed by atoms with Gasteiger partial charge in [-0.25, -0.2) is 0 Å². The van der Waals surface area contributed by atoms with Gasteiger partial charge in [-0.3, -0.25) is 0 Å². The zero-order valence-electron chi connectivity index (χ0n) is 9.94. The van der Waals surface area contributed by atoms with Crippen LogP contribution in [-0.4, -0.2) is 20.8 Å². The molecule has 1 unspecified atom stereocenters. The monoisotopic (exact) mass is 204 g/mol. The molecule has 0 fully saturated rings. The van der Waals surface area contributed by atoms with Gasteiger partial charge in [0.1, 0.15) is 0 Å². The highest BCUT2D eigenvalue weighted by Crippen LogP contribution is 2.22. The van der Waals surface area contributed by atoms with E-state index in [0.717, 1.165) is 19.1 Å². The molecule has 0 aromatic heterocycles. The zero-order valence-corrected chi connectivity index (χ0v) is 10.9. The summed E-state index contributed by atoms with van der Waals surface area (Å²) in [5, 5.41) is 0. The minimum absolute atomic E-state index is 0.0781. The van der Waals surface area contributed by atoms with E-state index in [1.54, 1.807) is 0 Å². The van der Waals surface area contributed by atoms with Gasteiger partial charge in [0, 0.05) is 6.61 Å². The van der Waals surface area contributed by atoms with Gasteiger partial charge in [0.15, 0.2) is 0 Å². The molecule has 0 radical (unpaired) electrons. The van der Waals surface area contributed by atoms with Crippen molar-refractivity contribution in [2.75, 3.05) is 6.61 Å². The highest BCUT2D eigenvalue weighted by molar-refractivity contribution is 6.66. The fourth-order valence-corrected chi connectivity index (χ4v) is 4.68. The Bertz CT molecular complexity index is 134. The van der Waals surface area contributed by atoms with E-state index in [4.69, 9.17) is 8.85 Å². The Morgan fingerprint density at radius 3 is 2.00 bits per heavy atom. The minimum atomic E-state index is -1.88. The first-order valence-electron chi connectivity index (χ1n) is 5.17. The summed E-state index contributed by atoms with van der Waals surface area (Å²) in [6.45, 7) is 13.4. The van der Waals surface area contributed by atoms with Crippen LogP contribution in [0, 0.1) is 0 Å². The lowest BCUT2D eigenvalue weighted by Gasteiger charge is -2.33. The molecule has 2 nitrogen and oxygen atoms in total. The molecule has 0 aliphatic heterocycles. The topological polar surface area (TPSA) is 18.5 Å². The van der Waals surface area contributed by atoms with E-state index in [1.807, 2.05) is 6.92 Å². The summed E-state index contributed by atoms with van der Waals surface area (Å²) in [4.78, 5) is 0. The van der Waals surface area contributed by atoms with Crippen molar-refractivity contribution in [2.45, 2.75) is 59.2 Å². The van der Waals surface area contributed by atoms with Crippen molar-refractivity contribution in [1.29, 1.82) is 0 Å². The van der Waals surface area contributed by atoms with E-state index in [1.165, 1.54) is 0 Å². The summed E-state index contributed by atoms with van der Waals surface area (Å²) in [6, 6.07) is 1.08. The molecule has 0 heterocycles. The molecule has 0 bridgehead atoms. The number of rotatable bonds is 5. The molecule has 0 aliphatic carbocycles. The normalized spacial score (nSPS) is 17.1. The van der Waals surface area contributed by atoms with Crippen LogP contribution >= 0.6 is 0 Å². The lowest BCUT2D eigenvalue weighted by molar-refractivity contribution is 0.0680. The van der Waals surface area contributed by atoms with Gasteiger partial charge in [0.05, 0.1) is 5.60 Å². The van der Waals surface area contributed by atoms with Gasteiger partial charge >= 0.3 is 8.56 Å². The van der Waals surface area contributed by atoms with Crippen molar-refractivity contribution < 1.29 is 8.85 Å². The van der Waals surface area contributed by atoms with Crippen LogP contribution in [0.5, 0.6) is 0 Å². The molecule has 13 heavy (non-hydrogen) atoms. The molecule has 3 heteroatoms.